The molecule has 3 nitrogen and oxygen atoms in total. The number of carbonyl (C=O) groups excluding carboxylic acids is 1. The Labute approximate surface area is 116 Å². The van der Waals surface area contributed by atoms with Gasteiger partial charge in [-0.1, -0.05) is 31.9 Å². The fourth-order valence-electron chi connectivity index (χ4n) is 0.983. The van der Waals surface area contributed by atoms with Gasteiger partial charge in [0, 0.05) is 22.1 Å². The molecule has 0 aromatic carbocycles. The maximum absolute atomic E-state index is 11.9. The minimum Gasteiger partial charge on any atom is -0.496 e. The summed E-state index contributed by atoms with van der Waals surface area (Å²) in [7, 11) is 1.59. The van der Waals surface area contributed by atoms with E-state index >= 15 is 0 Å². The topological polar surface area (TPSA) is 38.3 Å². The van der Waals surface area contributed by atoms with E-state index in [1.807, 2.05) is 12.3 Å². The van der Waals surface area contributed by atoms with Gasteiger partial charge in [0.15, 0.2) is 0 Å². The highest BCUT2D eigenvalue weighted by Gasteiger charge is 2.25. The fraction of sp³-hybridized carbons (Fsp3) is 0.500. The van der Waals surface area contributed by atoms with Crippen molar-refractivity contribution in [2.75, 3.05) is 17.8 Å². The number of hydrogen-bond donors (Lipinski definition) is 1. The van der Waals surface area contributed by atoms with Gasteiger partial charge >= 0.3 is 0 Å². The molecule has 0 fully saturated rings. The van der Waals surface area contributed by atoms with E-state index < -0.39 is 0 Å². The van der Waals surface area contributed by atoms with E-state index in [2.05, 4.69) is 37.2 Å². The Morgan fingerprint density at radius 3 is 2.62 bits per heavy atom. The van der Waals surface area contributed by atoms with E-state index in [9.17, 15) is 4.79 Å². The standard InChI is InChI=1S/C10H13Br2NO2S/c1-10(5-11,6-12)13-9(14)8-3-7(15-2)4-16-8/h3-4H,5-6H2,1-2H3,(H,13,14). The maximum atomic E-state index is 11.9. The minimum atomic E-state index is -0.283. The lowest BCUT2D eigenvalue weighted by Gasteiger charge is -2.25. The molecule has 0 aliphatic heterocycles. The number of rotatable bonds is 5. The van der Waals surface area contributed by atoms with Crippen molar-refractivity contribution >= 4 is 49.1 Å². The molecule has 0 aliphatic rings. The number of ether oxygens (including phenoxy) is 1. The van der Waals surface area contributed by atoms with Crippen LogP contribution in [-0.2, 0) is 0 Å². The highest BCUT2D eigenvalue weighted by atomic mass is 79.9. The summed E-state index contributed by atoms with van der Waals surface area (Å²) in [4.78, 5) is 12.6. The van der Waals surface area contributed by atoms with Gasteiger partial charge in [0.1, 0.15) is 5.75 Å². The number of thiophene rings is 1. The van der Waals surface area contributed by atoms with E-state index in [0.29, 0.717) is 15.5 Å². The number of halogens is 2. The Morgan fingerprint density at radius 1 is 1.56 bits per heavy atom. The first-order valence-electron chi connectivity index (χ1n) is 4.61. The van der Waals surface area contributed by atoms with E-state index in [1.54, 1.807) is 13.2 Å². The van der Waals surface area contributed by atoms with E-state index in [-0.39, 0.29) is 11.4 Å². The predicted molar refractivity (Wildman–Crippen MR) is 74.3 cm³/mol. The third-order valence-electron chi connectivity index (χ3n) is 2.04. The van der Waals surface area contributed by atoms with Crippen LogP contribution in [0.15, 0.2) is 11.4 Å². The normalized spacial score (nSPS) is 11.2. The molecular weight excluding hydrogens is 358 g/mol. The van der Waals surface area contributed by atoms with Gasteiger partial charge in [-0.15, -0.1) is 11.3 Å². The number of amides is 1. The quantitative estimate of drug-likeness (QED) is 0.809. The molecule has 1 aromatic heterocycles. The summed E-state index contributed by atoms with van der Waals surface area (Å²) in [6.45, 7) is 1.97. The van der Waals surface area contributed by atoms with Crippen LogP contribution in [0.4, 0.5) is 0 Å². The van der Waals surface area contributed by atoms with Crippen molar-refractivity contribution in [1.29, 1.82) is 0 Å². The summed E-state index contributed by atoms with van der Waals surface area (Å²) in [5.41, 5.74) is -0.283. The first-order chi connectivity index (χ1) is 7.54. The van der Waals surface area contributed by atoms with Crippen LogP contribution in [0.5, 0.6) is 5.75 Å². The van der Waals surface area contributed by atoms with Crippen LogP contribution in [0.3, 0.4) is 0 Å². The van der Waals surface area contributed by atoms with E-state index in [4.69, 9.17) is 4.74 Å². The second-order valence-corrected chi connectivity index (χ2v) is 5.67. The summed E-state index contributed by atoms with van der Waals surface area (Å²) >= 11 is 8.15. The van der Waals surface area contributed by atoms with Crippen LogP contribution >= 0.6 is 43.2 Å². The molecule has 1 amide bonds. The average molecular weight is 371 g/mol. The molecule has 0 aliphatic carbocycles. The van der Waals surface area contributed by atoms with Crippen LogP contribution in [0.1, 0.15) is 16.6 Å². The van der Waals surface area contributed by atoms with Gasteiger partial charge in [-0.05, 0) is 6.92 Å². The Balaban J connectivity index is 2.71. The van der Waals surface area contributed by atoms with Crippen molar-refractivity contribution in [1.82, 2.24) is 5.32 Å². The van der Waals surface area contributed by atoms with Gasteiger partial charge in [0.2, 0.25) is 0 Å². The first kappa shape index (κ1) is 14.0. The van der Waals surface area contributed by atoms with Gasteiger partial charge in [0.25, 0.3) is 5.91 Å². The molecule has 0 saturated heterocycles. The zero-order valence-corrected chi connectivity index (χ0v) is 13.0. The number of nitrogens with one attached hydrogen (secondary N) is 1. The monoisotopic (exact) mass is 369 g/mol. The Bertz CT molecular complexity index is 363. The van der Waals surface area contributed by atoms with Crippen molar-refractivity contribution in [3.05, 3.63) is 16.3 Å². The summed E-state index contributed by atoms with van der Waals surface area (Å²) in [6.07, 6.45) is 0. The molecule has 0 bridgehead atoms. The SMILES string of the molecule is COc1csc(C(=O)NC(C)(CBr)CBr)c1. The highest BCUT2D eigenvalue weighted by molar-refractivity contribution is 9.09. The minimum absolute atomic E-state index is 0.0744. The molecule has 6 heteroatoms. The zero-order chi connectivity index (χ0) is 12.2. The third-order valence-corrected chi connectivity index (χ3v) is 5.42. The Kier molecular flexibility index (Phi) is 5.27. The van der Waals surface area contributed by atoms with Gasteiger partial charge in [0.05, 0.1) is 17.5 Å². The summed E-state index contributed by atoms with van der Waals surface area (Å²) in [5, 5.41) is 6.17. The lowest BCUT2D eigenvalue weighted by molar-refractivity contribution is 0.0927. The van der Waals surface area contributed by atoms with Crippen molar-refractivity contribution < 1.29 is 9.53 Å². The largest absolute Gasteiger partial charge is 0.496 e. The van der Waals surface area contributed by atoms with E-state index in [1.165, 1.54) is 11.3 Å². The molecule has 1 rings (SSSR count). The molecule has 1 N–H and O–H groups in total. The van der Waals surface area contributed by atoms with E-state index in [0.717, 1.165) is 5.75 Å². The number of carbonyl (C=O) groups is 1. The predicted octanol–water partition coefficient (Wildman–Crippen LogP) is 3.04. The summed E-state index contributed by atoms with van der Waals surface area (Å²) in [5.74, 6) is 0.643. The maximum Gasteiger partial charge on any atom is 0.261 e. The number of methoxy groups -OCH3 is 1. The Hall–Kier alpha value is -0.0700. The fourth-order valence-corrected chi connectivity index (χ4v) is 2.94. The van der Waals surface area contributed by atoms with Crippen molar-refractivity contribution in [2.45, 2.75) is 12.5 Å². The Morgan fingerprint density at radius 2 is 2.19 bits per heavy atom. The van der Waals surface area contributed by atoms with Crippen molar-refractivity contribution in [3.8, 4) is 5.75 Å². The second kappa shape index (κ2) is 6.02. The van der Waals surface area contributed by atoms with Gasteiger partial charge in [-0.25, -0.2) is 0 Å². The molecule has 16 heavy (non-hydrogen) atoms. The lowest BCUT2D eigenvalue weighted by atomic mass is 10.1. The van der Waals surface area contributed by atoms with Crippen LogP contribution in [0, 0.1) is 0 Å². The van der Waals surface area contributed by atoms with Gasteiger partial charge in [-0.2, -0.15) is 0 Å². The van der Waals surface area contributed by atoms with Crippen LogP contribution < -0.4 is 10.1 Å². The molecule has 0 radical (unpaired) electrons. The second-order valence-electron chi connectivity index (χ2n) is 3.63. The average Bonchev–Trinajstić information content (AvgIpc) is 2.77. The van der Waals surface area contributed by atoms with Gasteiger partial charge in [-0.3, -0.25) is 4.79 Å². The van der Waals surface area contributed by atoms with Crippen molar-refractivity contribution in [2.24, 2.45) is 0 Å². The molecule has 0 atom stereocenters. The first-order valence-corrected chi connectivity index (χ1v) is 7.74. The van der Waals surface area contributed by atoms with Crippen LogP contribution in [-0.4, -0.2) is 29.2 Å². The van der Waals surface area contributed by atoms with Gasteiger partial charge < -0.3 is 10.1 Å². The molecule has 0 saturated carbocycles. The third kappa shape index (κ3) is 3.46. The highest BCUT2D eigenvalue weighted by Crippen LogP contribution is 2.22. The van der Waals surface area contributed by atoms with Crippen LogP contribution in [0.25, 0.3) is 0 Å². The lowest BCUT2D eigenvalue weighted by Crippen LogP contribution is -2.48. The zero-order valence-electron chi connectivity index (χ0n) is 9.05. The summed E-state index contributed by atoms with van der Waals surface area (Å²) in [6, 6.07) is 1.74. The van der Waals surface area contributed by atoms with Crippen molar-refractivity contribution in [3.63, 3.8) is 0 Å². The molecular formula is C10H13Br2NO2S. The molecule has 0 spiro atoms. The number of alkyl halides is 2. The molecule has 90 valence electrons. The van der Waals surface area contributed by atoms with Crippen LogP contribution in [0.2, 0.25) is 0 Å². The smallest absolute Gasteiger partial charge is 0.261 e. The molecule has 1 aromatic rings. The summed E-state index contributed by atoms with van der Waals surface area (Å²) < 4.78 is 5.04. The molecule has 0 unspecified atom stereocenters. The molecule has 1 heterocycles. The number of hydrogen-bond acceptors (Lipinski definition) is 3.